The molecule has 1 unspecified atom stereocenters. The maximum Gasteiger partial charge on any atom is 0.284 e. The normalized spacial score (nSPS) is 17.3. The minimum atomic E-state index is -1.26. The molecule has 0 amide bonds. The molecule has 0 radical (unpaired) electrons. The first kappa shape index (κ1) is 22.0. The second kappa shape index (κ2) is 8.59. The Morgan fingerprint density at radius 2 is 2.03 bits per heavy atom. The molecular weight excluding hydrogens is 490 g/mol. The number of hydrogen-bond acceptors (Lipinski definition) is 7. The first-order valence-electron chi connectivity index (χ1n) is 10.9. The van der Waals surface area contributed by atoms with Crippen molar-refractivity contribution in [1.29, 1.82) is 0 Å². The van der Waals surface area contributed by atoms with Gasteiger partial charge in [0.25, 0.3) is 5.56 Å². The molecule has 10 nitrogen and oxygen atoms in total. The summed E-state index contributed by atoms with van der Waals surface area (Å²) >= 11 is 6.34. The Kier molecular flexibility index (Phi) is 5.39. The second-order valence-electron chi connectivity index (χ2n) is 8.10. The third-order valence-electron chi connectivity index (χ3n) is 6.10. The number of anilines is 1. The molecule has 1 aliphatic rings. The van der Waals surface area contributed by atoms with Gasteiger partial charge in [-0.15, -0.1) is 0 Å². The largest absolute Gasteiger partial charge is 0.377 e. The molecule has 178 valence electrons. The Hall–Kier alpha value is -3.54. The minimum absolute atomic E-state index is 0.278. The Bertz CT molecular complexity index is 1650. The molecule has 4 aromatic heterocycles. The molecule has 1 saturated heterocycles. The number of nitrogens with zero attached hydrogens (tertiary/aromatic N) is 6. The van der Waals surface area contributed by atoms with Crippen LogP contribution in [0.5, 0.6) is 0 Å². The lowest BCUT2D eigenvalue weighted by Gasteiger charge is -2.37. The van der Waals surface area contributed by atoms with E-state index in [0.717, 1.165) is 0 Å². The van der Waals surface area contributed by atoms with Crippen LogP contribution < -0.4 is 10.5 Å². The van der Waals surface area contributed by atoms with Crippen LogP contribution in [0.4, 0.5) is 5.82 Å². The van der Waals surface area contributed by atoms with E-state index in [-0.39, 0.29) is 12.2 Å². The van der Waals surface area contributed by atoms with E-state index >= 15 is 0 Å². The van der Waals surface area contributed by atoms with E-state index in [9.17, 15) is 9.00 Å². The van der Waals surface area contributed by atoms with Gasteiger partial charge in [-0.25, -0.2) is 14.5 Å². The van der Waals surface area contributed by atoms with Crippen LogP contribution in [0.15, 0.2) is 64.8 Å². The van der Waals surface area contributed by atoms with Gasteiger partial charge in [0.1, 0.15) is 29.4 Å². The molecule has 1 N–H and O–H groups in total. The molecule has 2 atom stereocenters. The summed E-state index contributed by atoms with van der Waals surface area (Å²) in [6.07, 6.45) is 6.45. The van der Waals surface area contributed by atoms with Crippen molar-refractivity contribution in [3.63, 3.8) is 0 Å². The lowest BCUT2D eigenvalue weighted by Crippen LogP contribution is -2.43. The van der Waals surface area contributed by atoms with E-state index in [1.54, 1.807) is 29.3 Å². The van der Waals surface area contributed by atoms with Crippen molar-refractivity contribution in [1.82, 2.24) is 29.1 Å². The molecule has 0 aliphatic carbocycles. The van der Waals surface area contributed by atoms with E-state index in [2.05, 4.69) is 15.0 Å². The van der Waals surface area contributed by atoms with Crippen molar-refractivity contribution >= 4 is 44.8 Å². The van der Waals surface area contributed by atoms with E-state index in [0.29, 0.717) is 56.9 Å². The van der Waals surface area contributed by atoms with Crippen LogP contribution in [0.2, 0.25) is 5.02 Å². The molecule has 6 rings (SSSR count). The highest BCUT2D eigenvalue weighted by molar-refractivity contribution is 7.84. The molecule has 0 spiro atoms. The highest BCUT2D eigenvalue weighted by Crippen LogP contribution is 2.35. The summed E-state index contributed by atoms with van der Waals surface area (Å²) in [5, 5.41) is 5.83. The maximum atomic E-state index is 13.7. The van der Waals surface area contributed by atoms with E-state index < -0.39 is 16.8 Å². The highest BCUT2D eigenvalue weighted by atomic mass is 35.5. The molecule has 0 saturated carbocycles. The Balaban J connectivity index is 1.61. The van der Waals surface area contributed by atoms with Gasteiger partial charge >= 0.3 is 0 Å². The van der Waals surface area contributed by atoms with Crippen LogP contribution in [-0.4, -0.2) is 59.4 Å². The molecule has 1 fully saturated rings. The van der Waals surface area contributed by atoms with Gasteiger partial charge in [-0.3, -0.25) is 13.6 Å². The molecule has 1 aromatic carbocycles. The van der Waals surface area contributed by atoms with Gasteiger partial charge in [-0.1, -0.05) is 29.8 Å². The third kappa shape index (κ3) is 3.54. The van der Waals surface area contributed by atoms with Crippen molar-refractivity contribution in [2.45, 2.75) is 10.9 Å². The van der Waals surface area contributed by atoms with Gasteiger partial charge < -0.3 is 14.6 Å². The predicted molar refractivity (Wildman–Crippen MR) is 133 cm³/mol. The van der Waals surface area contributed by atoms with E-state index in [4.69, 9.17) is 21.4 Å². The van der Waals surface area contributed by atoms with Crippen LogP contribution in [0.1, 0.15) is 11.9 Å². The summed E-state index contributed by atoms with van der Waals surface area (Å²) in [4.78, 5) is 28.3. The van der Waals surface area contributed by atoms with E-state index in [1.165, 1.54) is 10.8 Å². The molecule has 1 aliphatic heterocycles. The summed E-state index contributed by atoms with van der Waals surface area (Å²) in [5.41, 5.74) is 1.26. The van der Waals surface area contributed by atoms with Crippen molar-refractivity contribution in [2.24, 2.45) is 0 Å². The SMILES string of the molecule is CS(=O)c1c[nH]c2ncnc(N3CCOC[C@H]3c3nn4ccc(Cl)c4c(=O)n3-c3ccccc3)c12. The van der Waals surface area contributed by atoms with Gasteiger partial charge in [0.05, 0.1) is 45.0 Å². The number of fused-ring (bicyclic) bond motifs is 2. The van der Waals surface area contributed by atoms with Crippen molar-refractivity contribution in [3.05, 3.63) is 76.3 Å². The number of nitrogens with one attached hydrogen (secondary N) is 1. The van der Waals surface area contributed by atoms with Gasteiger partial charge in [0.2, 0.25) is 0 Å². The number of ether oxygens (including phenoxy) is 1. The lowest BCUT2D eigenvalue weighted by atomic mass is 10.1. The molecule has 12 heteroatoms. The quantitative estimate of drug-likeness (QED) is 0.396. The number of halogens is 1. The summed E-state index contributed by atoms with van der Waals surface area (Å²) in [7, 11) is -1.26. The summed E-state index contributed by atoms with van der Waals surface area (Å²) in [6, 6.07) is 10.5. The topological polar surface area (TPSA) is 110 Å². The fourth-order valence-corrected chi connectivity index (χ4v) is 5.45. The lowest BCUT2D eigenvalue weighted by molar-refractivity contribution is 0.0902. The standard InChI is InChI=1S/C23H20ClN7O3S/c1-35(33)17-11-25-20-18(17)22(27-13-26-20)29-9-10-34-12-16(29)21-28-30-8-7-15(24)19(30)23(32)31(21)14-5-3-2-4-6-14/h2-8,11,13,16H,9-10,12H2,1H3,(H,25,26,27)/t16-,35?/m0/s1. The first-order valence-corrected chi connectivity index (χ1v) is 12.8. The molecule has 35 heavy (non-hydrogen) atoms. The zero-order chi connectivity index (χ0) is 24.1. The minimum Gasteiger partial charge on any atom is -0.377 e. The van der Waals surface area contributed by atoms with Gasteiger partial charge in [-0.05, 0) is 18.2 Å². The average Bonchev–Trinajstić information content (AvgIpc) is 3.48. The fourth-order valence-electron chi connectivity index (χ4n) is 4.52. The number of aromatic nitrogens is 6. The van der Waals surface area contributed by atoms with Crippen molar-refractivity contribution in [2.75, 3.05) is 30.9 Å². The Morgan fingerprint density at radius 1 is 1.20 bits per heavy atom. The molecule has 5 aromatic rings. The zero-order valence-electron chi connectivity index (χ0n) is 18.6. The smallest absolute Gasteiger partial charge is 0.284 e. The molecule has 0 bridgehead atoms. The van der Waals surface area contributed by atoms with Crippen LogP contribution >= 0.6 is 11.6 Å². The van der Waals surface area contributed by atoms with Crippen LogP contribution in [0, 0.1) is 0 Å². The number of benzene rings is 1. The summed E-state index contributed by atoms with van der Waals surface area (Å²) in [6.45, 7) is 1.23. The first-order chi connectivity index (χ1) is 17.0. The molecule has 5 heterocycles. The summed E-state index contributed by atoms with van der Waals surface area (Å²) < 4.78 is 21.4. The van der Waals surface area contributed by atoms with Gasteiger partial charge in [-0.2, -0.15) is 5.10 Å². The van der Waals surface area contributed by atoms with Crippen molar-refractivity contribution < 1.29 is 8.95 Å². The average molecular weight is 510 g/mol. The molecular formula is C23H20ClN7O3S. The van der Waals surface area contributed by atoms with Gasteiger partial charge in [0.15, 0.2) is 5.82 Å². The number of hydrogen-bond donors (Lipinski definition) is 1. The second-order valence-corrected chi connectivity index (χ2v) is 9.86. The summed E-state index contributed by atoms with van der Waals surface area (Å²) in [5.74, 6) is 1.08. The third-order valence-corrected chi connectivity index (χ3v) is 7.34. The fraction of sp³-hybridized carbons (Fsp3) is 0.217. The van der Waals surface area contributed by atoms with Crippen molar-refractivity contribution in [3.8, 4) is 5.69 Å². The highest BCUT2D eigenvalue weighted by Gasteiger charge is 2.33. The number of para-hydroxylation sites is 1. The van der Waals surface area contributed by atoms with Crippen LogP contribution in [0.3, 0.4) is 0 Å². The van der Waals surface area contributed by atoms with Crippen LogP contribution in [0.25, 0.3) is 22.2 Å². The number of rotatable bonds is 4. The Morgan fingerprint density at radius 3 is 2.83 bits per heavy atom. The van der Waals surface area contributed by atoms with Gasteiger partial charge in [0, 0.05) is 25.2 Å². The monoisotopic (exact) mass is 509 g/mol. The van der Waals surface area contributed by atoms with E-state index in [1.807, 2.05) is 35.2 Å². The number of H-pyrrole nitrogens is 1. The Labute approximate surface area is 206 Å². The zero-order valence-corrected chi connectivity index (χ0v) is 20.2. The number of morpholine rings is 1. The maximum absolute atomic E-state index is 13.7. The number of aromatic amines is 1. The van der Waals surface area contributed by atoms with Crippen LogP contribution in [-0.2, 0) is 15.5 Å². The predicted octanol–water partition coefficient (Wildman–Crippen LogP) is 2.73.